The number of rotatable bonds is 3. The number of nitrogen functional groups attached to an aromatic ring is 1. The molecule has 0 saturated heterocycles. The Morgan fingerprint density at radius 2 is 2.00 bits per heavy atom. The van der Waals surface area contributed by atoms with Crippen molar-refractivity contribution in [1.82, 2.24) is 9.97 Å². The quantitative estimate of drug-likeness (QED) is 0.883. The molecule has 0 spiro atoms. The summed E-state index contributed by atoms with van der Waals surface area (Å²) in [5.41, 5.74) is 7.71. The molecule has 0 bridgehead atoms. The van der Waals surface area contributed by atoms with Crippen LogP contribution in [0.2, 0.25) is 0 Å². The van der Waals surface area contributed by atoms with Gasteiger partial charge >= 0.3 is 0 Å². The summed E-state index contributed by atoms with van der Waals surface area (Å²) in [6.07, 6.45) is 3.03. The zero-order valence-electron chi connectivity index (χ0n) is 9.65. The maximum atomic E-state index is 13.7. The monoisotopic (exact) mass is 231 g/mol. The highest BCUT2D eigenvalue weighted by Gasteiger charge is 2.13. The molecule has 0 radical (unpaired) electrons. The van der Waals surface area contributed by atoms with E-state index < -0.39 is 0 Å². The molecule has 0 atom stereocenters. The average molecular weight is 231 g/mol. The molecule has 2 N–H and O–H groups in total. The van der Waals surface area contributed by atoms with E-state index >= 15 is 0 Å². The van der Waals surface area contributed by atoms with Crippen LogP contribution in [0.25, 0.3) is 11.3 Å². The molecule has 3 nitrogen and oxygen atoms in total. The van der Waals surface area contributed by atoms with E-state index in [-0.39, 0.29) is 5.82 Å². The van der Waals surface area contributed by atoms with Gasteiger partial charge in [-0.3, -0.25) is 0 Å². The largest absolute Gasteiger partial charge is 0.383 e. The van der Waals surface area contributed by atoms with Crippen molar-refractivity contribution in [2.24, 2.45) is 0 Å². The van der Waals surface area contributed by atoms with Gasteiger partial charge in [-0.05, 0) is 18.6 Å². The van der Waals surface area contributed by atoms with Crippen molar-refractivity contribution in [1.29, 1.82) is 0 Å². The van der Waals surface area contributed by atoms with E-state index in [0.717, 1.165) is 18.4 Å². The van der Waals surface area contributed by atoms with Gasteiger partial charge in [0.2, 0.25) is 0 Å². The molecule has 1 heterocycles. The van der Waals surface area contributed by atoms with Crippen LogP contribution in [0, 0.1) is 5.82 Å². The Bertz CT molecular complexity index is 526. The lowest BCUT2D eigenvalue weighted by molar-refractivity contribution is 0.630. The average Bonchev–Trinajstić information content (AvgIpc) is 2.33. The minimum Gasteiger partial charge on any atom is -0.383 e. The first-order chi connectivity index (χ1) is 8.24. The fourth-order valence-corrected chi connectivity index (χ4v) is 1.81. The van der Waals surface area contributed by atoms with Crippen molar-refractivity contribution >= 4 is 5.82 Å². The number of anilines is 1. The molecule has 2 rings (SSSR count). The second kappa shape index (κ2) is 4.91. The Kier molecular flexibility index (Phi) is 3.32. The summed E-state index contributed by atoms with van der Waals surface area (Å²) in [5, 5.41) is 0. The van der Waals surface area contributed by atoms with Gasteiger partial charge in [0.05, 0.1) is 5.69 Å². The van der Waals surface area contributed by atoms with Gasteiger partial charge in [0, 0.05) is 11.1 Å². The Morgan fingerprint density at radius 3 is 2.71 bits per heavy atom. The van der Waals surface area contributed by atoms with Gasteiger partial charge in [0.25, 0.3) is 0 Å². The topological polar surface area (TPSA) is 51.8 Å². The van der Waals surface area contributed by atoms with Crippen LogP contribution in [0.4, 0.5) is 10.2 Å². The molecule has 1 aromatic heterocycles. The smallest absolute Gasteiger partial charge is 0.132 e. The second-order valence-electron chi connectivity index (χ2n) is 3.82. The predicted molar refractivity (Wildman–Crippen MR) is 65.8 cm³/mol. The molecule has 88 valence electrons. The van der Waals surface area contributed by atoms with E-state index in [9.17, 15) is 4.39 Å². The first kappa shape index (κ1) is 11.5. The Hall–Kier alpha value is -1.97. The normalized spacial score (nSPS) is 10.5. The van der Waals surface area contributed by atoms with Crippen LogP contribution < -0.4 is 5.73 Å². The zero-order chi connectivity index (χ0) is 12.3. The van der Waals surface area contributed by atoms with E-state index in [0.29, 0.717) is 17.1 Å². The number of nitrogens with zero attached hydrogens (tertiary/aromatic N) is 2. The molecule has 1 aromatic carbocycles. The molecule has 0 fully saturated rings. The zero-order valence-corrected chi connectivity index (χ0v) is 9.65. The summed E-state index contributed by atoms with van der Waals surface area (Å²) >= 11 is 0. The summed E-state index contributed by atoms with van der Waals surface area (Å²) in [7, 11) is 0. The van der Waals surface area contributed by atoms with Crippen LogP contribution in [0.3, 0.4) is 0 Å². The first-order valence-electron chi connectivity index (χ1n) is 5.58. The van der Waals surface area contributed by atoms with Gasteiger partial charge in [0.15, 0.2) is 0 Å². The Labute approximate surface area is 99.5 Å². The minimum atomic E-state index is -0.289. The number of halogens is 1. The fraction of sp³-hybridized carbons (Fsp3) is 0.231. The maximum absolute atomic E-state index is 13.7. The van der Waals surface area contributed by atoms with Gasteiger partial charge in [-0.2, -0.15) is 0 Å². The molecule has 0 unspecified atom stereocenters. The third-order valence-electron chi connectivity index (χ3n) is 2.61. The lowest BCUT2D eigenvalue weighted by Gasteiger charge is -2.10. The molecule has 0 aliphatic heterocycles. The summed E-state index contributed by atoms with van der Waals surface area (Å²) < 4.78 is 13.7. The van der Waals surface area contributed by atoms with Gasteiger partial charge in [-0.25, -0.2) is 14.4 Å². The molecular formula is C13H14FN3. The molecule has 17 heavy (non-hydrogen) atoms. The van der Waals surface area contributed by atoms with Gasteiger partial charge in [0.1, 0.15) is 18.0 Å². The van der Waals surface area contributed by atoms with E-state index in [1.165, 1.54) is 12.4 Å². The van der Waals surface area contributed by atoms with Crippen LogP contribution in [0.1, 0.15) is 18.9 Å². The van der Waals surface area contributed by atoms with Gasteiger partial charge < -0.3 is 5.73 Å². The number of aromatic nitrogens is 2. The lowest BCUT2D eigenvalue weighted by atomic mass is 10.0. The third-order valence-corrected chi connectivity index (χ3v) is 2.61. The van der Waals surface area contributed by atoms with Crippen molar-refractivity contribution < 1.29 is 4.39 Å². The molecule has 4 heteroatoms. The molecule has 0 saturated carbocycles. The molecule has 0 aliphatic carbocycles. The number of hydrogen-bond donors (Lipinski definition) is 1. The number of hydrogen-bond acceptors (Lipinski definition) is 3. The SMILES string of the molecule is CCCc1c(N)ncnc1-c1ccccc1F. The standard InChI is InChI=1S/C13H14FN3/c1-2-5-10-12(16-8-17-13(10)15)9-6-3-4-7-11(9)14/h3-4,6-8H,2,5H2,1H3,(H2,15,16,17). The second-order valence-corrected chi connectivity index (χ2v) is 3.82. The minimum absolute atomic E-state index is 0.289. The van der Waals surface area contributed by atoms with E-state index in [4.69, 9.17) is 5.73 Å². The molecule has 2 aromatic rings. The van der Waals surface area contributed by atoms with Crippen LogP contribution in [-0.4, -0.2) is 9.97 Å². The van der Waals surface area contributed by atoms with Gasteiger partial charge in [-0.15, -0.1) is 0 Å². The van der Waals surface area contributed by atoms with E-state index in [2.05, 4.69) is 9.97 Å². The molecule has 0 aliphatic rings. The van der Waals surface area contributed by atoms with Crippen molar-refractivity contribution in [3.8, 4) is 11.3 Å². The Morgan fingerprint density at radius 1 is 1.24 bits per heavy atom. The Balaban J connectivity index is 2.59. The summed E-state index contributed by atoms with van der Waals surface area (Å²) in [5.74, 6) is 0.142. The van der Waals surface area contributed by atoms with Crippen molar-refractivity contribution in [2.45, 2.75) is 19.8 Å². The highest BCUT2D eigenvalue weighted by Crippen LogP contribution is 2.27. The van der Waals surface area contributed by atoms with Crippen LogP contribution in [-0.2, 0) is 6.42 Å². The highest BCUT2D eigenvalue weighted by atomic mass is 19.1. The van der Waals surface area contributed by atoms with Crippen molar-refractivity contribution in [3.63, 3.8) is 0 Å². The van der Waals surface area contributed by atoms with E-state index in [1.54, 1.807) is 18.2 Å². The number of nitrogens with two attached hydrogens (primary N) is 1. The predicted octanol–water partition coefficient (Wildman–Crippen LogP) is 2.82. The van der Waals surface area contributed by atoms with Crippen LogP contribution >= 0.6 is 0 Å². The fourth-order valence-electron chi connectivity index (χ4n) is 1.81. The summed E-state index contributed by atoms with van der Waals surface area (Å²) in [6, 6.07) is 6.56. The highest BCUT2D eigenvalue weighted by molar-refractivity contribution is 5.67. The first-order valence-corrected chi connectivity index (χ1v) is 5.58. The van der Waals surface area contributed by atoms with E-state index in [1.807, 2.05) is 6.92 Å². The molecule has 0 amide bonds. The summed E-state index contributed by atoms with van der Waals surface area (Å²) in [6.45, 7) is 2.04. The third kappa shape index (κ3) is 2.25. The molecular weight excluding hydrogens is 217 g/mol. The van der Waals surface area contributed by atoms with Crippen molar-refractivity contribution in [2.75, 3.05) is 5.73 Å². The van der Waals surface area contributed by atoms with Crippen LogP contribution in [0.5, 0.6) is 0 Å². The lowest BCUT2D eigenvalue weighted by Crippen LogP contribution is -2.03. The van der Waals surface area contributed by atoms with Crippen LogP contribution in [0.15, 0.2) is 30.6 Å². The maximum Gasteiger partial charge on any atom is 0.132 e. The number of benzene rings is 1. The van der Waals surface area contributed by atoms with Gasteiger partial charge in [-0.1, -0.05) is 25.5 Å². The van der Waals surface area contributed by atoms with Crippen molar-refractivity contribution in [3.05, 3.63) is 42.0 Å². The summed E-state index contributed by atoms with van der Waals surface area (Å²) in [4.78, 5) is 8.12.